The van der Waals surface area contributed by atoms with E-state index >= 15 is 0 Å². The molecule has 4 heterocycles. The van der Waals surface area contributed by atoms with Crippen LogP contribution in [0.1, 0.15) is 42.8 Å². The van der Waals surface area contributed by atoms with Crippen LogP contribution in [0.4, 0.5) is 13.2 Å². The maximum absolute atomic E-state index is 13.3. The minimum absolute atomic E-state index is 0.194. The maximum atomic E-state index is 13.3. The monoisotopic (exact) mass is 571 g/mol. The molecule has 212 valence electrons. The van der Waals surface area contributed by atoms with E-state index in [0.717, 1.165) is 47.8 Å². The summed E-state index contributed by atoms with van der Waals surface area (Å²) in [6.45, 7) is 6.75. The number of thiophene rings is 1. The molecule has 3 aromatic heterocycles. The number of ether oxygens (including phenoxy) is 1. The van der Waals surface area contributed by atoms with E-state index < -0.39 is 24.0 Å². The third-order valence-electron chi connectivity index (χ3n) is 7.11. The molecule has 1 aromatic carbocycles. The minimum atomic E-state index is -4.52. The number of nitrogens with one attached hydrogen (secondary N) is 1. The Labute approximate surface area is 235 Å². The van der Waals surface area contributed by atoms with E-state index in [0.29, 0.717) is 23.4 Å². The van der Waals surface area contributed by atoms with Crippen LogP contribution in [0.5, 0.6) is 5.75 Å². The first-order valence-electron chi connectivity index (χ1n) is 13.4. The van der Waals surface area contributed by atoms with E-state index in [2.05, 4.69) is 20.3 Å². The zero-order valence-electron chi connectivity index (χ0n) is 22.4. The zero-order chi connectivity index (χ0) is 28.3. The number of benzene rings is 1. The lowest BCUT2D eigenvalue weighted by Crippen LogP contribution is -2.48. The number of fused-ring (bicyclic) bond motifs is 1. The summed E-state index contributed by atoms with van der Waals surface area (Å²) < 4.78 is 47.5. The van der Waals surface area contributed by atoms with Gasteiger partial charge in [0.25, 0.3) is 5.91 Å². The van der Waals surface area contributed by atoms with E-state index in [1.165, 1.54) is 33.1 Å². The summed E-state index contributed by atoms with van der Waals surface area (Å²) in [6.07, 6.45) is 4.59. The van der Waals surface area contributed by atoms with Crippen LogP contribution in [-0.2, 0) is 0 Å². The van der Waals surface area contributed by atoms with Crippen LogP contribution in [0.3, 0.4) is 0 Å². The molecule has 4 aromatic rings. The Morgan fingerprint density at radius 3 is 2.52 bits per heavy atom. The second-order valence-corrected chi connectivity index (χ2v) is 11.3. The molecule has 1 aliphatic heterocycles. The van der Waals surface area contributed by atoms with Gasteiger partial charge in [-0.05, 0) is 66.6 Å². The van der Waals surface area contributed by atoms with Gasteiger partial charge in [0.2, 0.25) is 0 Å². The van der Waals surface area contributed by atoms with Gasteiger partial charge in [0, 0.05) is 30.1 Å². The summed E-state index contributed by atoms with van der Waals surface area (Å²) in [5.74, 6) is -0.712. The third-order valence-corrected chi connectivity index (χ3v) is 8.04. The van der Waals surface area contributed by atoms with Crippen molar-refractivity contribution in [1.82, 2.24) is 24.8 Å². The molecule has 1 fully saturated rings. The Kier molecular flexibility index (Phi) is 8.41. The molecule has 0 spiro atoms. The number of piperidine rings is 1. The molecule has 40 heavy (non-hydrogen) atoms. The number of amides is 1. The fourth-order valence-electron chi connectivity index (χ4n) is 4.88. The van der Waals surface area contributed by atoms with Crippen LogP contribution in [0.25, 0.3) is 27.9 Å². The predicted molar refractivity (Wildman–Crippen MR) is 150 cm³/mol. The molecule has 1 atom stereocenters. The van der Waals surface area contributed by atoms with Crippen molar-refractivity contribution in [3.8, 4) is 28.0 Å². The van der Waals surface area contributed by atoms with Crippen molar-refractivity contribution < 1.29 is 22.7 Å². The van der Waals surface area contributed by atoms with Crippen molar-refractivity contribution in [2.45, 2.75) is 45.3 Å². The standard InChI is InChI=1S/C29H32F3N5O2S/c1-19(2)26(29(30,31)32)35-28(38)25-14-21(18-40-25)24-16-34-37-17-22(15-33-27(24)37)20-6-8-23(9-7-20)39-13-12-36-10-4-3-5-11-36/h6-9,14-19,26H,3-5,10-13H2,1-2H3,(H,35,38)/t26-/m0/s1. The second-order valence-electron chi connectivity index (χ2n) is 10.4. The smallest absolute Gasteiger partial charge is 0.408 e. The topological polar surface area (TPSA) is 71.8 Å². The maximum Gasteiger partial charge on any atom is 0.408 e. The molecule has 0 radical (unpaired) electrons. The Morgan fingerprint density at radius 2 is 1.82 bits per heavy atom. The molecule has 0 aliphatic carbocycles. The number of hydrogen-bond acceptors (Lipinski definition) is 6. The molecule has 5 rings (SSSR count). The molecular formula is C29H32F3N5O2S. The predicted octanol–water partition coefficient (Wildman–Crippen LogP) is 6.31. The average Bonchev–Trinajstić information content (AvgIpc) is 3.59. The molecule has 11 heteroatoms. The molecule has 1 saturated heterocycles. The highest BCUT2D eigenvalue weighted by atomic mass is 32.1. The van der Waals surface area contributed by atoms with E-state index in [1.54, 1.807) is 28.4 Å². The molecule has 0 saturated carbocycles. The number of carbonyl (C=O) groups excluding carboxylic acids is 1. The van der Waals surface area contributed by atoms with Crippen molar-refractivity contribution in [3.05, 3.63) is 59.2 Å². The Balaban J connectivity index is 1.25. The normalized spacial score (nSPS) is 15.4. The molecular weight excluding hydrogens is 539 g/mol. The van der Waals surface area contributed by atoms with Crippen molar-refractivity contribution >= 4 is 22.9 Å². The zero-order valence-corrected chi connectivity index (χ0v) is 23.3. The van der Waals surface area contributed by atoms with Gasteiger partial charge >= 0.3 is 6.18 Å². The van der Waals surface area contributed by atoms with Crippen LogP contribution < -0.4 is 10.1 Å². The van der Waals surface area contributed by atoms with Gasteiger partial charge in [0.05, 0.1) is 11.1 Å². The quantitative estimate of drug-likeness (QED) is 0.255. The lowest BCUT2D eigenvalue weighted by molar-refractivity contribution is -0.162. The summed E-state index contributed by atoms with van der Waals surface area (Å²) in [5.41, 5.74) is 3.79. The first-order chi connectivity index (χ1) is 19.2. The van der Waals surface area contributed by atoms with Gasteiger partial charge in [-0.25, -0.2) is 9.50 Å². The van der Waals surface area contributed by atoms with E-state index in [9.17, 15) is 18.0 Å². The summed E-state index contributed by atoms with van der Waals surface area (Å²) >= 11 is 1.08. The van der Waals surface area contributed by atoms with Crippen molar-refractivity contribution in [3.63, 3.8) is 0 Å². The number of nitrogens with zero attached hydrogens (tertiary/aromatic N) is 4. The van der Waals surface area contributed by atoms with E-state index in [1.807, 2.05) is 30.5 Å². The number of halogens is 3. The third kappa shape index (κ3) is 6.47. The molecule has 0 unspecified atom stereocenters. The SMILES string of the molecule is CC(C)[C@H](NC(=O)c1cc(-c2cnn3cc(-c4ccc(OCCN5CCCCC5)cc4)cnc23)cs1)C(F)(F)F. The van der Waals surface area contributed by atoms with Crippen molar-refractivity contribution in [1.29, 1.82) is 0 Å². The molecule has 1 amide bonds. The highest BCUT2D eigenvalue weighted by molar-refractivity contribution is 7.12. The Morgan fingerprint density at radius 1 is 1.07 bits per heavy atom. The minimum Gasteiger partial charge on any atom is -0.492 e. The second kappa shape index (κ2) is 12.0. The van der Waals surface area contributed by atoms with Gasteiger partial charge in [-0.15, -0.1) is 11.3 Å². The summed E-state index contributed by atoms with van der Waals surface area (Å²) in [5, 5.41) is 8.27. The average molecular weight is 572 g/mol. The Bertz CT molecular complexity index is 1440. The number of aromatic nitrogens is 3. The number of rotatable bonds is 9. The molecule has 1 aliphatic rings. The number of likely N-dealkylation sites (tertiary alicyclic amines) is 1. The highest BCUT2D eigenvalue weighted by Gasteiger charge is 2.42. The van der Waals surface area contributed by atoms with Gasteiger partial charge in [0.1, 0.15) is 18.4 Å². The van der Waals surface area contributed by atoms with Crippen LogP contribution in [0, 0.1) is 5.92 Å². The summed E-state index contributed by atoms with van der Waals surface area (Å²) in [7, 11) is 0. The fraction of sp³-hybridized carbons (Fsp3) is 0.414. The first-order valence-corrected chi connectivity index (χ1v) is 14.3. The van der Waals surface area contributed by atoms with Gasteiger partial charge in [-0.3, -0.25) is 9.69 Å². The van der Waals surface area contributed by atoms with E-state index in [-0.39, 0.29) is 4.88 Å². The van der Waals surface area contributed by atoms with E-state index in [4.69, 9.17) is 4.74 Å². The first kappa shape index (κ1) is 28.1. The fourth-order valence-corrected chi connectivity index (χ4v) is 5.69. The van der Waals surface area contributed by atoms with Gasteiger partial charge < -0.3 is 10.1 Å². The lowest BCUT2D eigenvalue weighted by atomic mass is 10.0. The van der Waals surface area contributed by atoms with Gasteiger partial charge in [-0.2, -0.15) is 18.3 Å². The van der Waals surface area contributed by atoms with Crippen LogP contribution >= 0.6 is 11.3 Å². The lowest BCUT2D eigenvalue weighted by Gasteiger charge is -2.26. The summed E-state index contributed by atoms with van der Waals surface area (Å²) in [6, 6.07) is 7.53. The van der Waals surface area contributed by atoms with Crippen molar-refractivity contribution in [2.75, 3.05) is 26.2 Å². The van der Waals surface area contributed by atoms with Crippen molar-refractivity contribution in [2.24, 2.45) is 5.92 Å². The Hall–Kier alpha value is -3.44. The number of hydrogen-bond donors (Lipinski definition) is 1. The highest BCUT2D eigenvalue weighted by Crippen LogP contribution is 2.31. The van der Waals surface area contributed by atoms with Crippen LogP contribution in [-0.4, -0.2) is 63.9 Å². The summed E-state index contributed by atoms with van der Waals surface area (Å²) in [4.78, 5) is 19.8. The van der Waals surface area contributed by atoms with Crippen LogP contribution in [0.15, 0.2) is 54.3 Å². The van der Waals surface area contributed by atoms with Gasteiger partial charge in [-0.1, -0.05) is 32.4 Å². The molecule has 0 bridgehead atoms. The van der Waals surface area contributed by atoms with Gasteiger partial charge in [0.15, 0.2) is 5.65 Å². The number of alkyl halides is 3. The van der Waals surface area contributed by atoms with Crippen LogP contribution in [0.2, 0.25) is 0 Å². The molecule has 7 nitrogen and oxygen atoms in total. The largest absolute Gasteiger partial charge is 0.492 e. The molecule has 1 N–H and O–H groups in total. The number of carbonyl (C=O) groups is 1.